The number of carbonyl (C=O) groups is 2. The molecule has 7 heteroatoms. The van der Waals surface area contributed by atoms with E-state index >= 15 is 0 Å². The first-order valence-corrected chi connectivity index (χ1v) is 6.86. The Hall–Kier alpha value is -1.79. The van der Waals surface area contributed by atoms with Crippen LogP contribution in [0.2, 0.25) is 0 Å². The lowest BCUT2D eigenvalue weighted by Gasteiger charge is -2.35. The molecule has 0 radical (unpaired) electrons. The quantitative estimate of drug-likeness (QED) is 0.926. The first-order valence-electron chi connectivity index (χ1n) is 6.86. The van der Waals surface area contributed by atoms with Gasteiger partial charge in [0.1, 0.15) is 17.0 Å². The molecule has 1 aliphatic carbocycles. The molecular weight excluding hydrogens is 282 g/mol. The summed E-state index contributed by atoms with van der Waals surface area (Å²) in [7, 11) is 0. The molecule has 0 aliphatic heterocycles. The highest BCUT2D eigenvalue weighted by atomic mass is 19.3. The topological polar surface area (TPSA) is 72.2 Å². The van der Waals surface area contributed by atoms with Crippen molar-refractivity contribution in [1.29, 1.82) is 0 Å². The second-order valence-electron chi connectivity index (χ2n) is 5.84. The van der Waals surface area contributed by atoms with Crippen molar-refractivity contribution in [3.8, 4) is 0 Å². The number of nitrogens with zero attached hydrogens (tertiary/aromatic N) is 2. The Labute approximate surface area is 120 Å². The van der Waals surface area contributed by atoms with Crippen molar-refractivity contribution in [2.75, 3.05) is 0 Å². The summed E-state index contributed by atoms with van der Waals surface area (Å²) in [6.07, 6.45) is 0.352. The van der Waals surface area contributed by atoms with Crippen LogP contribution in [0.3, 0.4) is 0 Å². The summed E-state index contributed by atoms with van der Waals surface area (Å²) >= 11 is 0. The molecule has 1 fully saturated rings. The van der Waals surface area contributed by atoms with Crippen LogP contribution < -0.4 is 0 Å². The van der Waals surface area contributed by atoms with Crippen LogP contribution >= 0.6 is 0 Å². The highest BCUT2D eigenvalue weighted by Gasteiger charge is 2.37. The van der Waals surface area contributed by atoms with E-state index in [9.17, 15) is 18.4 Å². The minimum Gasteiger partial charge on any atom is -0.478 e. The maximum absolute atomic E-state index is 13.1. The molecule has 21 heavy (non-hydrogen) atoms. The van der Waals surface area contributed by atoms with Crippen LogP contribution in [0.25, 0.3) is 0 Å². The number of hydrogen-bond donors (Lipinski definition) is 1. The summed E-state index contributed by atoms with van der Waals surface area (Å²) in [5, 5.41) is 12.8. The van der Waals surface area contributed by atoms with Crippen LogP contribution in [0.15, 0.2) is 6.20 Å². The fourth-order valence-electron chi connectivity index (χ4n) is 2.88. The highest BCUT2D eigenvalue weighted by Crippen LogP contribution is 2.42. The fourth-order valence-corrected chi connectivity index (χ4v) is 2.88. The number of ketones is 1. The van der Waals surface area contributed by atoms with Gasteiger partial charge in [0, 0.05) is 5.41 Å². The smallest absolute Gasteiger partial charge is 0.339 e. The predicted octanol–water partition coefficient (Wildman–Crippen LogP) is 3.23. The molecule has 0 aromatic carbocycles. The second kappa shape index (κ2) is 5.54. The van der Waals surface area contributed by atoms with E-state index in [0.717, 1.165) is 10.9 Å². The monoisotopic (exact) mass is 300 g/mol. The summed E-state index contributed by atoms with van der Waals surface area (Å²) in [6.45, 7) is 3.42. The van der Waals surface area contributed by atoms with Crippen molar-refractivity contribution in [2.45, 2.75) is 52.0 Å². The molecule has 1 N–H and O–H groups in total. The van der Waals surface area contributed by atoms with Crippen LogP contribution in [0.5, 0.6) is 0 Å². The zero-order chi connectivity index (χ0) is 15.8. The maximum Gasteiger partial charge on any atom is 0.339 e. The maximum atomic E-state index is 13.1. The van der Waals surface area contributed by atoms with Gasteiger partial charge in [-0.05, 0) is 32.6 Å². The lowest BCUT2D eigenvalue weighted by atomic mass is 9.71. The third kappa shape index (κ3) is 2.82. The van der Waals surface area contributed by atoms with E-state index in [0.29, 0.717) is 25.7 Å². The van der Waals surface area contributed by atoms with Gasteiger partial charge in [0.2, 0.25) is 0 Å². The number of Topliss-reactive ketones (excluding diaryl/α,β-unsaturated/α-hetero) is 1. The van der Waals surface area contributed by atoms with Gasteiger partial charge in [-0.15, -0.1) is 0 Å². The van der Waals surface area contributed by atoms with Gasteiger partial charge < -0.3 is 5.11 Å². The first kappa shape index (κ1) is 15.6. The number of carboxylic acids is 1. The summed E-state index contributed by atoms with van der Waals surface area (Å²) in [5.74, 6) is -1.30. The fraction of sp³-hybridized carbons (Fsp3) is 0.643. The minimum absolute atomic E-state index is 0.0988. The number of aromatic carboxylic acids is 1. The first-order chi connectivity index (χ1) is 9.76. The molecule has 2 rings (SSSR count). The van der Waals surface area contributed by atoms with Crippen LogP contribution in [0.4, 0.5) is 8.78 Å². The molecule has 1 saturated carbocycles. The molecule has 0 saturated heterocycles. The Morgan fingerprint density at radius 3 is 2.43 bits per heavy atom. The van der Waals surface area contributed by atoms with E-state index in [4.69, 9.17) is 5.11 Å². The van der Waals surface area contributed by atoms with E-state index in [-0.39, 0.29) is 11.8 Å². The summed E-state index contributed by atoms with van der Waals surface area (Å²) in [4.78, 5) is 22.6. The van der Waals surface area contributed by atoms with Crippen molar-refractivity contribution >= 4 is 11.8 Å². The molecule has 0 amide bonds. The molecule has 1 heterocycles. The highest BCUT2D eigenvalue weighted by molar-refractivity contribution is 5.88. The molecule has 1 aromatic heterocycles. The number of carboxylic acid groups (broad SMARTS) is 1. The molecule has 0 atom stereocenters. The largest absolute Gasteiger partial charge is 0.478 e. The third-order valence-corrected chi connectivity index (χ3v) is 4.53. The number of alkyl halides is 2. The zero-order valence-corrected chi connectivity index (χ0v) is 12.0. The van der Waals surface area contributed by atoms with E-state index in [2.05, 4.69) is 5.10 Å². The van der Waals surface area contributed by atoms with Gasteiger partial charge in [-0.2, -0.15) is 5.10 Å². The van der Waals surface area contributed by atoms with Gasteiger partial charge in [0.05, 0.1) is 12.2 Å². The average molecular weight is 300 g/mol. The Morgan fingerprint density at radius 2 is 2.00 bits per heavy atom. The second-order valence-corrected chi connectivity index (χ2v) is 5.84. The van der Waals surface area contributed by atoms with Crippen LogP contribution in [0.1, 0.15) is 68.0 Å². The van der Waals surface area contributed by atoms with Crippen molar-refractivity contribution in [2.24, 2.45) is 5.41 Å². The molecule has 0 bridgehead atoms. The van der Waals surface area contributed by atoms with E-state index in [1.54, 1.807) is 6.92 Å². The van der Waals surface area contributed by atoms with Crippen LogP contribution in [-0.4, -0.2) is 26.6 Å². The molecule has 0 spiro atoms. The number of rotatable bonds is 4. The summed E-state index contributed by atoms with van der Waals surface area (Å²) in [5.41, 5.74) is -1.41. The molecule has 1 aromatic rings. The van der Waals surface area contributed by atoms with Gasteiger partial charge in [0.25, 0.3) is 6.43 Å². The van der Waals surface area contributed by atoms with Gasteiger partial charge in [0.15, 0.2) is 0 Å². The predicted molar refractivity (Wildman–Crippen MR) is 70.4 cm³/mol. The molecule has 5 nitrogen and oxygen atoms in total. The van der Waals surface area contributed by atoms with E-state index in [1.165, 1.54) is 0 Å². The van der Waals surface area contributed by atoms with Gasteiger partial charge in [-0.25, -0.2) is 13.6 Å². The number of carbonyl (C=O) groups excluding carboxylic acids is 1. The van der Waals surface area contributed by atoms with E-state index < -0.39 is 29.1 Å². The van der Waals surface area contributed by atoms with Crippen molar-refractivity contribution < 1.29 is 23.5 Å². The van der Waals surface area contributed by atoms with Gasteiger partial charge in [-0.1, -0.05) is 6.92 Å². The molecule has 1 aliphatic rings. The van der Waals surface area contributed by atoms with Crippen molar-refractivity contribution in [1.82, 2.24) is 9.78 Å². The van der Waals surface area contributed by atoms with Crippen molar-refractivity contribution in [3.63, 3.8) is 0 Å². The molecule has 0 unspecified atom stereocenters. The summed E-state index contributed by atoms with van der Waals surface area (Å²) < 4.78 is 27.4. The van der Waals surface area contributed by atoms with Gasteiger partial charge >= 0.3 is 5.97 Å². The van der Waals surface area contributed by atoms with E-state index in [1.807, 2.05) is 6.92 Å². The minimum atomic E-state index is -2.89. The van der Waals surface area contributed by atoms with Crippen molar-refractivity contribution in [3.05, 3.63) is 17.5 Å². The number of hydrogen-bond acceptors (Lipinski definition) is 3. The Kier molecular flexibility index (Phi) is 4.11. The Balaban J connectivity index is 2.25. The lowest BCUT2D eigenvalue weighted by Crippen LogP contribution is -2.32. The number of halogens is 2. The Bertz CT molecular complexity index is 561. The third-order valence-electron chi connectivity index (χ3n) is 4.53. The average Bonchev–Trinajstić information content (AvgIpc) is 2.84. The molecular formula is C14H18F2N2O3. The number of aromatic nitrogens is 2. The summed E-state index contributed by atoms with van der Waals surface area (Å²) in [6, 6.07) is -0.283. The lowest BCUT2D eigenvalue weighted by molar-refractivity contribution is -0.127. The normalized spacial score (nSPS) is 26.0. The Morgan fingerprint density at radius 1 is 1.43 bits per heavy atom. The van der Waals surface area contributed by atoms with Crippen LogP contribution in [-0.2, 0) is 4.79 Å². The SMILES string of the molecule is CC(=O)[C@]1(C)CC[C@@H](n2ncc(C(=O)O)c2C(F)F)CC1. The van der Waals surface area contributed by atoms with Gasteiger partial charge in [-0.3, -0.25) is 9.48 Å². The zero-order valence-electron chi connectivity index (χ0n) is 12.0. The molecule has 116 valence electrons. The standard InChI is InChI=1S/C14H18F2N2O3/c1-8(19)14(2)5-3-9(4-6-14)18-11(12(15)16)10(7-17-18)13(20)21/h7,9,12H,3-6H2,1-2H3,(H,20,21)/t9-,14-. The van der Waals surface area contributed by atoms with Crippen LogP contribution in [0, 0.1) is 5.41 Å².